The zero-order valence-corrected chi connectivity index (χ0v) is 12.7. The van der Waals surface area contributed by atoms with E-state index in [4.69, 9.17) is 0 Å². The summed E-state index contributed by atoms with van der Waals surface area (Å²) < 4.78 is 1.76. The maximum atomic E-state index is 12.7. The first-order valence-corrected chi connectivity index (χ1v) is 7.96. The van der Waals surface area contributed by atoms with Gasteiger partial charge in [0.15, 0.2) is 5.65 Å². The summed E-state index contributed by atoms with van der Waals surface area (Å²) in [5.41, 5.74) is 2.54. The lowest BCUT2D eigenvalue weighted by atomic mass is 9.77. The molecule has 1 N–H and O–H groups in total. The summed E-state index contributed by atoms with van der Waals surface area (Å²) in [5, 5.41) is 11.0. The molecule has 1 amide bonds. The van der Waals surface area contributed by atoms with Crippen LogP contribution in [0.15, 0.2) is 55.0 Å². The fraction of sp³-hybridized carbons (Fsp3) is 0.278. The van der Waals surface area contributed by atoms with Crippen LogP contribution >= 0.6 is 0 Å². The molecule has 5 heteroatoms. The highest BCUT2D eigenvalue weighted by molar-refractivity contribution is 5.94. The van der Waals surface area contributed by atoms with E-state index in [9.17, 15) is 4.79 Å². The molecule has 0 spiro atoms. The summed E-state index contributed by atoms with van der Waals surface area (Å²) >= 11 is 0. The average Bonchev–Trinajstić information content (AvgIpc) is 3.01. The minimum atomic E-state index is -0.0543. The van der Waals surface area contributed by atoms with E-state index in [0.29, 0.717) is 11.5 Å². The van der Waals surface area contributed by atoms with Crippen molar-refractivity contribution in [3.63, 3.8) is 0 Å². The van der Waals surface area contributed by atoms with E-state index in [1.54, 1.807) is 23.0 Å². The van der Waals surface area contributed by atoms with Crippen LogP contribution in [-0.4, -0.2) is 20.5 Å². The number of aromatic nitrogens is 3. The zero-order chi connectivity index (χ0) is 15.6. The molecule has 116 valence electrons. The molecule has 0 unspecified atom stereocenters. The summed E-state index contributed by atoms with van der Waals surface area (Å²) in [5.74, 6) is 0.473. The Labute approximate surface area is 134 Å². The van der Waals surface area contributed by atoms with E-state index >= 15 is 0 Å². The van der Waals surface area contributed by atoms with Crippen molar-refractivity contribution >= 4 is 11.6 Å². The highest BCUT2D eigenvalue weighted by Gasteiger charge is 2.29. The van der Waals surface area contributed by atoms with Crippen LogP contribution in [0.25, 0.3) is 5.65 Å². The van der Waals surface area contributed by atoms with E-state index < -0.39 is 0 Å². The number of carbonyl (C=O) groups excluding carboxylic acids is 1. The topological polar surface area (TPSA) is 59.3 Å². The molecule has 2 aromatic heterocycles. The highest BCUT2D eigenvalue weighted by atomic mass is 16.1. The van der Waals surface area contributed by atoms with Gasteiger partial charge in [0, 0.05) is 6.20 Å². The maximum absolute atomic E-state index is 12.7. The average molecular weight is 306 g/mol. The molecule has 1 fully saturated rings. The van der Waals surface area contributed by atoms with Crippen LogP contribution in [-0.2, 0) is 0 Å². The van der Waals surface area contributed by atoms with Crippen LogP contribution in [0, 0.1) is 5.92 Å². The van der Waals surface area contributed by atoms with E-state index in [1.165, 1.54) is 24.8 Å². The van der Waals surface area contributed by atoms with Gasteiger partial charge in [-0.25, -0.2) is 0 Å². The van der Waals surface area contributed by atoms with Gasteiger partial charge >= 0.3 is 0 Å². The smallest absolute Gasteiger partial charge is 0.253 e. The Hall–Kier alpha value is -2.69. The highest BCUT2D eigenvalue weighted by Crippen LogP contribution is 2.37. The molecule has 4 rings (SSSR count). The van der Waals surface area contributed by atoms with Crippen molar-refractivity contribution < 1.29 is 4.79 Å². The second-order valence-electron chi connectivity index (χ2n) is 6.07. The molecule has 2 heterocycles. The van der Waals surface area contributed by atoms with E-state index in [-0.39, 0.29) is 11.9 Å². The molecule has 23 heavy (non-hydrogen) atoms. The molecule has 1 saturated carbocycles. The summed E-state index contributed by atoms with van der Waals surface area (Å²) in [6.07, 6.45) is 6.96. The van der Waals surface area contributed by atoms with Gasteiger partial charge in [0.25, 0.3) is 5.91 Å². The number of fused-ring (bicyclic) bond motifs is 1. The normalized spacial score (nSPS) is 16.0. The number of pyridine rings is 1. The largest absolute Gasteiger partial charge is 0.345 e. The van der Waals surface area contributed by atoms with E-state index in [1.807, 2.05) is 24.3 Å². The summed E-state index contributed by atoms with van der Waals surface area (Å²) in [7, 11) is 0. The van der Waals surface area contributed by atoms with Gasteiger partial charge in [0.1, 0.15) is 6.33 Å². The number of nitrogens with one attached hydrogen (secondary N) is 1. The Morgan fingerprint density at radius 3 is 2.74 bits per heavy atom. The van der Waals surface area contributed by atoms with Crippen LogP contribution in [0.1, 0.15) is 41.2 Å². The predicted octanol–water partition coefficient (Wildman–Crippen LogP) is 3.00. The second kappa shape index (κ2) is 5.83. The minimum absolute atomic E-state index is 0.0543. The number of rotatable bonds is 4. The Morgan fingerprint density at radius 2 is 2.00 bits per heavy atom. The van der Waals surface area contributed by atoms with Gasteiger partial charge < -0.3 is 5.32 Å². The van der Waals surface area contributed by atoms with Gasteiger partial charge in [0.2, 0.25) is 0 Å². The van der Waals surface area contributed by atoms with Gasteiger partial charge in [-0.05, 0) is 36.5 Å². The summed E-state index contributed by atoms with van der Waals surface area (Å²) in [4.78, 5) is 12.7. The number of nitrogens with zero attached hydrogens (tertiary/aromatic N) is 3. The van der Waals surface area contributed by atoms with Crippen LogP contribution < -0.4 is 5.32 Å². The fourth-order valence-corrected chi connectivity index (χ4v) is 3.09. The van der Waals surface area contributed by atoms with Crippen molar-refractivity contribution in [2.24, 2.45) is 5.92 Å². The molecule has 1 aliphatic carbocycles. The number of amides is 1. The maximum Gasteiger partial charge on any atom is 0.253 e. The lowest BCUT2D eigenvalue weighted by Crippen LogP contribution is -2.36. The predicted molar refractivity (Wildman–Crippen MR) is 87.0 cm³/mol. The molecule has 1 aliphatic rings. The molecule has 0 radical (unpaired) electrons. The molecule has 0 bridgehead atoms. The Morgan fingerprint density at radius 1 is 1.17 bits per heavy atom. The number of hydrogen-bond donors (Lipinski definition) is 1. The van der Waals surface area contributed by atoms with Crippen molar-refractivity contribution in [1.82, 2.24) is 19.9 Å². The third-order valence-corrected chi connectivity index (χ3v) is 4.62. The van der Waals surface area contributed by atoms with Crippen LogP contribution in [0.3, 0.4) is 0 Å². The first-order chi connectivity index (χ1) is 11.3. The minimum Gasteiger partial charge on any atom is -0.345 e. The third kappa shape index (κ3) is 2.70. The SMILES string of the molecule is O=C(N[C@@H](c1ccccc1)C1CCC1)c1ccc2nncn2c1. The van der Waals surface area contributed by atoms with Crippen molar-refractivity contribution in [3.8, 4) is 0 Å². The molecular formula is C18H18N4O. The van der Waals surface area contributed by atoms with Crippen molar-refractivity contribution in [2.45, 2.75) is 25.3 Å². The number of carbonyl (C=O) groups is 1. The Kier molecular flexibility index (Phi) is 3.54. The van der Waals surface area contributed by atoms with Gasteiger partial charge in [-0.2, -0.15) is 0 Å². The second-order valence-corrected chi connectivity index (χ2v) is 6.07. The van der Waals surface area contributed by atoms with Gasteiger partial charge in [-0.15, -0.1) is 10.2 Å². The molecular weight excluding hydrogens is 288 g/mol. The molecule has 5 nitrogen and oxygen atoms in total. The van der Waals surface area contributed by atoms with E-state index in [2.05, 4.69) is 27.6 Å². The Balaban J connectivity index is 1.59. The molecule has 1 atom stereocenters. The molecule has 1 aromatic carbocycles. The van der Waals surface area contributed by atoms with Crippen molar-refractivity contribution in [1.29, 1.82) is 0 Å². The fourth-order valence-electron chi connectivity index (χ4n) is 3.09. The standard InChI is InChI=1S/C18H18N4O/c23-18(15-9-10-16-21-19-12-22(16)11-15)20-17(14-7-4-8-14)13-5-2-1-3-6-13/h1-3,5-6,9-12,14,17H,4,7-8H2,(H,20,23)/t17-/m0/s1. The van der Waals surface area contributed by atoms with Crippen molar-refractivity contribution in [3.05, 3.63) is 66.1 Å². The Bertz CT molecular complexity index is 823. The van der Waals surface area contributed by atoms with Crippen LogP contribution in [0.2, 0.25) is 0 Å². The van der Waals surface area contributed by atoms with Gasteiger partial charge in [-0.3, -0.25) is 9.20 Å². The molecule has 3 aromatic rings. The van der Waals surface area contributed by atoms with E-state index in [0.717, 1.165) is 5.65 Å². The molecule has 0 saturated heterocycles. The quantitative estimate of drug-likeness (QED) is 0.806. The number of hydrogen-bond acceptors (Lipinski definition) is 3. The van der Waals surface area contributed by atoms with Gasteiger partial charge in [-0.1, -0.05) is 36.8 Å². The van der Waals surface area contributed by atoms with Crippen molar-refractivity contribution in [2.75, 3.05) is 0 Å². The first kappa shape index (κ1) is 13.9. The number of benzene rings is 1. The zero-order valence-electron chi connectivity index (χ0n) is 12.7. The summed E-state index contributed by atoms with van der Waals surface area (Å²) in [6, 6.07) is 13.9. The lowest BCUT2D eigenvalue weighted by Gasteiger charge is -2.34. The third-order valence-electron chi connectivity index (χ3n) is 4.62. The first-order valence-electron chi connectivity index (χ1n) is 7.96. The van der Waals surface area contributed by atoms with Gasteiger partial charge in [0.05, 0.1) is 11.6 Å². The lowest BCUT2D eigenvalue weighted by molar-refractivity contribution is 0.0900. The molecule has 0 aliphatic heterocycles. The summed E-state index contributed by atoms with van der Waals surface area (Å²) in [6.45, 7) is 0. The monoisotopic (exact) mass is 306 g/mol. The van der Waals surface area contributed by atoms with Crippen LogP contribution in [0.4, 0.5) is 0 Å². The van der Waals surface area contributed by atoms with Crippen LogP contribution in [0.5, 0.6) is 0 Å².